The van der Waals surface area contributed by atoms with Gasteiger partial charge in [-0.1, -0.05) is 23.8 Å². The number of hydrogen-bond donors (Lipinski definition) is 1. The van der Waals surface area contributed by atoms with E-state index in [1.165, 1.54) is 5.56 Å². The number of ether oxygens (including phenoxy) is 1. The number of benzene rings is 2. The first-order valence-corrected chi connectivity index (χ1v) is 8.59. The second-order valence-corrected chi connectivity index (χ2v) is 6.38. The topological polar surface area (TPSA) is 50.7 Å². The molecule has 0 heterocycles. The minimum Gasteiger partial charge on any atom is -0.493 e. The van der Waals surface area contributed by atoms with E-state index < -0.39 is 0 Å². The molecule has 2 rings (SSSR count). The van der Waals surface area contributed by atoms with Crippen molar-refractivity contribution in [2.24, 2.45) is 5.10 Å². The molecule has 0 atom stereocenters. The second-order valence-electron chi connectivity index (χ2n) is 5.52. The van der Waals surface area contributed by atoms with Gasteiger partial charge in [0.2, 0.25) is 5.91 Å². The van der Waals surface area contributed by atoms with E-state index >= 15 is 0 Å². The summed E-state index contributed by atoms with van der Waals surface area (Å²) in [7, 11) is 0. The van der Waals surface area contributed by atoms with Gasteiger partial charge in [0.1, 0.15) is 5.75 Å². The zero-order valence-corrected chi connectivity index (χ0v) is 15.7. The quantitative estimate of drug-likeness (QED) is 0.596. The number of halogens is 1. The average Bonchev–Trinajstić information content (AvgIpc) is 2.53. The molecule has 4 nitrogen and oxygen atoms in total. The lowest BCUT2D eigenvalue weighted by Crippen LogP contribution is -2.20. The SMILES string of the molecule is CCOc1ccc(/C=N\NC(=O)Cc2ccc(C)cc2C)cc1Br. The van der Waals surface area contributed by atoms with Crippen molar-refractivity contribution in [2.75, 3.05) is 6.61 Å². The van der Waals surface area contributed by atoms with Crippen molar-refractivity contribution < 1.29 is 9.53 Å². The standard InChI is InChI=1S/C19H21BrN2O2/c1-4-24-18-8-6-15(10-17(18)20)12-21-22-19(23)11-16-7-5-13(2)9-14(16)3/h5-10,12H,4,11H2,1-3H3,(H,22,23)/b21-12-. The van der Waals surface area contributed by atoms with Crippen LogP contribution < -0.4 is 10.2 Å². The number of carbonyl (C=O) groups excluding carboxylic acids is 1. The van der Waals surface area contributed by atoms with Gasteiger partial charge in [0.15, 0.2) is 0 Å². The van der Waals surface area contributed by atoms with Crippen LogP contribution in [0.15, 0.2) is 46.0 Å². The number of rotatable bonds is 6. The molecule has 24 heavy (non-hydrogen) atoms. The highest BCUT2D eigenvalue weighted by molar-refractivity contribution is 9.10. The Morgan fingerprint density at radius 2 is 2.04 bits per heavy atom. The van der Waals surface area contributed by atoms with E-state index in [-0.39, 0.29) is 5.91 Å². The zero-order valence-electron chi connectivity index (χ0n) is 14.1. The van der Waals surface area contributed by atoms with Crippen LogP contribution in [0, 0.1) is 13.8 Å². The Kier molecular flexibility index (Phi) is 6.55. The van der Waals surface area contributed by atoms with Crippen molar-refractivity contribution >= 4 is 28.1 Å². The molecule has 0 aliphatic heterocycles. The van der Waals surface area contributed by atoms with Gasteiger partial charge in [-0.15, -0.1) is 0 Å². The number of hydrazone groups is 1. The van der Waals surface area contributed by atoms with E-state index in [1.807, 2.05) is 51.1 Å². The van der Waals surface area contributed by atoms with Crippen molar-refractivity contribution in [1.29, 1.82) is 0 Å². The molecule has 2 aromatic carbocycles. The fourth-order valence-corrected chi connectivity index (χ4v) is 2.82. The van der Waals surface area contributed by atoms with Crippen LogP contribution in [0.4, 0.5) is 0 Å². The first kappa shape index (κ1) is 18.2. The van der Waals surface area contributed by atoms with Crippen molar-refractivity contribution in [3.05, 3.63) is 63.1 Å². The monoisotopic (exact) mass is 388 g/mol. The predicted molar refractivity (Wildman–Crippen MR) is 101 cm³/mol. The van der Waals surface area contributed by atoms with Crippen LogP contribution in [-0.4, -0.2) is 18.7 Å². The molecular formula is C19H21BrN2O2. The highest BCUT2D eigenvalue weighted by Crippen LogP contribution is 2.25. The first-order chi connectivity index (χ1) is 11.5. The number of nitrogens with zero attached hydrogens (tertiary/aromatic N) is 1. The van der Waals surface area contributed by atoms with Gasteiger partial charge in [-0.2, -0.15) is 5.10 Å². The summed E-state index contributed by atoms with van der Waals surface area (Å²) >= 11 is 3.45. The maximum absolute atomic E-state index is 12.0. The number of nitrogens with one attached hydrogen (secondary N) is 1. The number of amides is 1. The molecule has 2 aromatic rings. The summed E-state index contributed by atoms with van der Waals surface area (Å²) in [5.74, 6) is 0.650. The lowest BCUT2D eigenvalue weighted by atomic mass is 10.0. The van der Waals surface area contributed by atoms with Gasteiger partial charge in [-0.05, 0) is 71.6 Å². The minimum absolute atomic E-state index is 0.136. The Hall–Kier alpha value is -2.14. The summed E-state index contributed by atoms with van der Waals surface area (Å²) in [6.45, 7) is 6.60. The summed E-state index contributed by atoms with van der Waals surface area (Å²) in [6.07, 6.45) is 1.93. The third-order valence-corrected chi connectivity index (χ3v) is 4.13. The molecule has 126 valence electrons. The van der Waals surface area contributed by atoms with Crippen LogP contribution in [0.1, 0.15) is 29.2 Å². The smallest absolute Gasteiger partial charge is 0.244 e. The fraction of sp³-hybridized carbons (Fsp3) is 0.263. The molecule has 0 saturated carbocycles. The van der Waals surface area contributed by atoms with Crippen molar-refractivity contribution in [3.8, 4) is 5.75 Å². The molecule has 1 N–H and O–H groups in total. The highest BCUT2D eigenvalue weighted by atomic mass is 79.9. The molecule has 0 fully saturated rings. The number of aryl methyl sites for hydroxylation is 2. The highest BCUT2D eigenvalue weighted by Gasteiger charge is 2.05. The molecule has 1 amide bonds. The Morgan fingerprint density at radius 1 is 1.25 bits per heavy atom. The lowest BCUT2D eigenvalue weighted by Gasteiger charge is -2.06. The molecule has 0 aliphatic rings. The second kappa shape index (κ2) is 8.64. The summed E-state index contributed by atoms with van der Waals surface area (Å²) < 4.78 is 6.32. The van der Waals surface area contributed by atoms with E-state index in [9.17, 15) is 4.79 Å². The Bertz CT molecular complexity index is 757. The minimum atomic E-state index is -0.136. The maximum Gasteiger partial charge on any atom is 0.244 e. The van der Waals surface area contributed by atoms with Crippen molar-refractivity contribution in [2.45, 2.75) is 27.2 Å². The number of carbonyl (C=O) groups is 1. The molecule has 0 unspecified atom stereocenters. The van der Waals surface area contributed by atoms with Gasteiger partial charge in [-0.3, -0.25) is 4.79 Å². The molecule has 0 aliphatic carbocycles. The van der Waals surface area contributed by atoms with Crippen molar-refractivity contribution in [1.82, 2.24) is 5.43 Å². The summed E-state index contributed by atoms with van der Waals surface area (Å²) in [5.41, 5.74) is 6.75. The van der Waals surface area contributed by atoms with Gasteiger partial charge in [0.25, 0.3) is 0 Å². The van der Waals surface area contributed by atoms with Gasteiger partial charge in [-0.25, -0.2) is 5.43 Å². The predicted octanol–water partition coefficient (Wildman–Crippen LogP) is 4.16. The third-order valence-electron chi connectivity index (χ3n) is 3.51. The molecule has 5 heteroatoms. The Balaban J connectivity index is 1.93. The van der Waals surface area contributed by atoms with Crippen LogP contribution in [0.3, 0.4) is 0 Å². The molecule has 0 saturated heterocycles. The Labute approximate surface area is 151 Å². The molecule has 0 bridgehead atoms. The molecular weight excluding hydrogens is 368 g/mol. The molecule has 0 aromatic heterocycles. The summed E-state index contributed by atoms with van der Waals surface area (Å²) in [4.78, 5) is 12.0. The van der Waals surface area contributed by atoms with Gasteiger partial charge >= 0.3 is 0 Å². The lowest BCUT2D eigenvalue weighted by molar-refractivity contribution is -0.120. The van der Waals surface area contributed by atoms with Crippen LogP contribution in [0.25, 0.3) is 0 Å². The maximum atomic E-state index is 12.0. The van der Waals surface area contributed by atoms with E-state index in [4.69, 9.17) is 4.74 Å². The number of hydrogen-bond acceptors (Lipinski definition) is 3. The van der Waals surface area contributed by atoms with Crippen LogP contribution >= 0.6 is 15.9 Å². The molecule has 0 radical (unpaired) electrons. The van der Waals surface area contributed by atoms with E-state index in [2.05, 4.69) is 32.5 Å². The van der Waals surface area contributed by atoms with E-state index in [0.29, 0.717) is 13.0 Å². The van der Waals surface area contributed by atoms with Gasteiger partial charge < -0.3 is 4.74 Å². The zero-order chi connectivity index (χ0) is 17.5. The van der Waals surface area contributed by atoms with Crippen LogP contribution in [0.5, 0.6) is 5.75 Å². The Morgan fingerprint density at radius 3 is 2.71 bits per heavy atom. The van der Waals surface area contributed by atoms with Crippen LogP contribution in [-0.2, 0) is 11.2 Å². The van der Waals surface area contributed by atoms with Gasteiger partial charge in [0, 0.05) is 0 Å². The summed E-state index contributed by atoms with van der Waals surface area (Å²) in [5, 5.41) is 4.02. The van der Waals surface area contributed by atoms with E-state index in [1.54, 1.807) is 6.21 Å². The summed E-state index contributed by atoms with van der Waals surface area (Å²) in [6, 6.07) is 11.7. The fourth-order valence-electron chi connectivity index (χ4n) is 2.31. The van der Waals surface area contributed by atoms with Crippen molar-refractivity contribution in [3.63, 3.8) is 0 Å². The van der Waals surface area contributed by atoms with Crippen LogP contribution in [0.2, 0.25) is 0 Å². The first-order valence-electron chi connectivity index (χ1n) is 7.80. The van der Waals surface area contributed by atoms with E-state index in [0.717, 1.165) is 26.9 Å². The normalized spacial score (nSPS) is 10.8. The molecule has 0 spiro atoms. The largest absolute Gasteiger partial charge is 0.493 e. The average molecular weight is 389 g/mol. The van der Waals surface area contributed by atoms with Gasteiger partial charge in [0.05, 0.1) is 23.7 Å². The third kappa shape index (κ3) is 5.20.